The molecule has 2 heterocycles. The maximum Gasteiger partial charge on any atom is 0.338 e. The SMILES string of the molecule is CCOC(=O)C1=C(C)N=c2s/c(=C/c3cccc(OCc4ccc([N+](=O)[O-])cc4)c3)c(=O)n2[C@@H]1c1ccc(OC)cc1. The van der Waals surface area contributed by atoms with Gasteiger partial charge in [0.2, 0.25) is 0 Å². The lowest BCUT2D eigenvalue weighted by Crippen LogP contribution is -2.39. The van der Waals surface area contributed by atoms with Gasteiger partial charge in [0, 0.05) is 12.1 Å². The van der Waals surface area contributed by atoms with E-state index in [4.69, 9.17) is 14.2 Å². The van der Waals surface area contributed by atoms with Crippen LogP contribution in [0.15, 0.2) is 93.9 Å². The summed E-state index contributed by atoms with van der Waals surface area (Å²) in [6.07, 6.45) is 1.76. The van der Waals surface area contributed by atoms with E-state index in [9.17, 15) is 19.7 Å². The van der Waals surface area contributed by atoms with Crippen LogP contribution in [0.25, 0.3) is 6.08 Å². The second-order valence-electron chi connectivity index (χ2n) is 9.36. The molecule has 1 aliphatic rings. The number of ether oxygens (including phenoxy) is 3. The number of aromatic nitrogens is 1. The molecule has 3 aromatic carbocycles. The highest BCUT2D eigenvalue weighted by atomic mass is 32.1. The summed E-state index contributed by atoms with van der Waals surface area (Å²) in [4.78, 5) is 42.4. The molecule has 11 heteroatoms. The maximum atomic E-state index is 13.8. The number of benzene rings is 3. The number of esters is 1. The van der Waals surface area contributed by atoms with Gasteiger partial charge in [0.25, 0.3) is 11.2 Å². The molecule has 214 valence electrons. The van der Waals surface area contributed by atoms with Crippen LogP contribution in [-0.2, 0) is 16.1 Å². The fourth-order valence-electron chi connectivity index (χ4n) is 4.62. The normalized spacial score (nSPS) is 14.6. The number of thiazole rings is 1. The molecule has 0 saturated carbocycles. The van der Waals surface area contributed by atoms with Crippen molar-refractivity contribution in [3.63, 3.8) is 0 Å². The Balaban J connectivity index is 1.50. The number of non-ortho nitro benzene ring substituents is 1. The summed E-state index contributed by atoms with van der Waals surface area (Å²) in [5.41, 5.74) is 2.77. The molecule has 0 aliphatic carbocycles. The van der Waals surface area contributed by atoms with E-state index < -0.39 is 16.9 Å². The molecule has 0 spiro atoms. The highest BCUT2D eigenvalue weighted by Crippen LogP contribution is 2.31. The fraction of sp³-hybridized carbons (Fsp3) is 0.194. The number of carbonyl (C=O) groups excluding carboxylic acids is 1. The van der Waals surface area contributed by atoms with Crippen LogP contribution in [0.1, 0.15) is 36.6 Å². The van der Waals surface area contributed by atoms with Crippen LogP contribution in [0.5, 0.6) is 11.5 Å². The van der Waals surface area contributed by atoms with Crippen LogP contribution in [0.2, 0.25) is 0 Å². The largest absolute Gasteiger partial charge is 0.497 e. The number of allylic oxidation sites excluding steroid dienone is 1. The minimum Gasteiger partial charge on any atom is -0.497 e. The quantitative estimate of drug-likeness (QED) is 0.163. The molecular weight excluding hydrogens is 558 g/mol. The van der Waals surface area contributed by atoms with Gasteiger partial charge in [-0.2, -0.15) is 0 Å². The lowest BCUT2D eigenvalue weighted by Gasteiger charge is -2.24. The number of nitro benzene ring substituents is 1. The Hall–Kier alpha value is -5.03. The van der Waals surface area contributed by atoms with E-state index in [1.807, 2.05) is 24.3 Å². The zero-order chi connectivity index (χ0) is 29.8. The van der Waals surface area contributed by atoms with E-state index in [-0.39, 0.29) is 24.5 Å². The second-order valence-corrected chi connectivity index (χ2v) is 10.4. The molecule has 4 aromatic rings. The smallest absolute Gasteiger partial charge is 0.338 e. The van der Waals surface area contributed by atoms with Crippen LogP contribution in [-0.4, -0.2) is 29.2 Å². The Kier molecular flexibility index (Phi) is 8.30. The molecule has 5 rings (SSSR count). The third-order valence-electron chi connectivity index (χ3n) is 6.66. The molecule has 1 aromatic heterocycles. The number of carbonyl (C=O) groups is 1. The summed E-state index contributed by atoms with van der Waals surface area (Å²) in [7, 11) is 1.57. The van der Waals surface area contributed by atoms with E-state index in [0.717, 1.165) is 16.7 Å². The molecule has 1 atom stereocenters. The van der Waals surface area contributed by atoms with Gasteiger partial charge in [-0.3, -0.25) is 19.5 Å². The lowest BCUT2D eigenvalue weighted by molar-refractivity contribution is -0.384. The highest BCUT2D eigenvalue weighted by Gasteiger charge is 2.33. The minimum atomic E-state index is -0.718. The van der Waals surface area contributed by atoms with E-state index >= 15 is 0 Å². The topological polar surface area (TPSA) is 122 Å². The van der Waals surface area contributed by atoms with Crippen molar-refractivity contribution in [3.8, 4) is 11.5 Å². The summed E-state index contributed by atoms with van der Waals surface area (Å²) in [6.45, 7) is 3.89. The van der Waals surface area contributed by atoms with Gasteiger partial charge in [0.1, 0.15) is 18.1 Å². The van der Waals surface area contributed by atoms with Gasteiger partial charge in [-0.1, -0.05) is 35.6 Å². The number of fused-ring (bicyclic) bond motifs is 1. The first-order valence-corrected chi connectivity index (χ1v) is 13.9. The lowest BCUT2D eigenvalue weighted by atomic mass is 9.96. The zero-order valence-corrected chi connectivity index (χ0v) is 23.9. The predicted octanol–water partition coefficient (Wildman–Crippen LogP) is 4.29. The van der Waals surface area contributed by atoms with Crippen molar-refractivity contribution in [2.75, 3.05) is 13.7 Å². The molecule has 0 unspecified atom stereocenters. The molecule has 42 heavy (non-hydrogen) atoms. The third-order valence-corrected chi connectivity index (χ3v) is 7.64. The minimum absolute atomic E-state index is 0.0148. The maximum absolute atomic E-state index is 13.8. The van der Waals surface area contributed by atoms with Crippen molar-refractivity contribution in [2.24, 2.45) is 4.99 Å². The Bertz CT molecular complexity index is 1860. The molecule has 0 fully saturated rings. The van der Waals surface area contributed by atoms with E-state index in [2.05, 4.69) is 4.99 Å². The molecule has 10 nitrogen and oxygen atoms in total. The Labute approximate surface area is 244 Å². The van der Waals surface area contributed by atoms with Crippen LogP contribution < -0.4 is 24.4 Å². The predicted molar refractivity (Wildman–Crippen MR) is 157 cm³/mol. The number of nitrogens with zero attached hydrogens (tertiary/aromatic N) is 3. The van der Waals surface area contributed by atoms with Crippen LogP contribution >= 0.6 is 11.3 Å². The number of nitro groups is 1. The van der Waals surface area contributed by atoms with Crippen LogP contribution in [0.4, 0.5) is 5.69 Å². The number of hydrogen-bond acceptors (Lipinski definition) is 9. The summed E-state index contributed by atoms with van der Waals surface area (Å²) in [5, 5.41) is 10.9. The molecule has 1 aliphatic heterocycles. The van der Waals surface area contributed by atoms with Gasteiger partial charge in [-0.25, -0.2) is 9.79 Å². The molecular formula is C31H27N3O7S. The zero-order valence-electron chi connectivity index (χ0n) is 23.1. The standard InChI is InChI=1S/C31H27N3O7S/c1-4-40-30(36)27-19(2)32-31-33(28(27)22-10-14-24(39-3)15-11-22)29(35)26(42-31)17-21-6-5-7-25(16-21)41-18-20-8-12-23(13-9-20)34(37)38/h5-17,28H,4,18H2,1-3H3/b26-17+/t28-/m1/s1. The first-order chi connectivity index (χ1) is 20.3. The summed E-state index contributed by atoms with van der Waals surface area (Å²) in [6, 6.07) is 19.9. The van der Waals surface area contributed by atoms with Gasteiger partial charge in [0.15, 0.2) is 4.80 Å². The van der Waals surface area contributed by atoms with Crippen molar-refractivity contribution in [1.29, 1.82) is 0 Å². The van der Waals surface area contributed by atoms with E-state index in [1.54, 1.807) is 63.4 Å². The van der Waals surface area contributed by atoms with E-state index in [1.165, 1.54) is 28.0 Å². The van der Waals surface area contributed by atoms with Crippen molar-refractivity contribution >= 4 is 29.1 Å². The Morgan fingerprint density at radius 2 is 1.83 bits per heavy atom. The first kappa shape index (κ1) is 28.5. The Morgan fingerprint density at radius 3 is 2.50 bits per heavy atom. The van der Waals surface area contributed by atoms with Gasteiger partial charge in [-0.15, -0.1) is 0 Å². The molecule has 0 saturated heterocycles. The van der Waals surface area contributed by atoms with Crippen molar-refractivity contribution in [2.45, 2.75) is 26.5 Å². The summed E-state index contributed by atoms with van der Waals surface area (Å²) in [5.74, 6) is 0.707. The monoisotopic (exact) mass is 585 g/mol. The molecule has 0 amide bonds. The first-order valence-electron chi connectivity index (χ1n) is 13.1. The van der Waals surface area contributed by atoms with Crippen molar-refractivity contribution in [1.82, 2.24) is 4.57 Å². The van der Waals surface area contributed by atoms with Crippen molar-refractivity contribution < 1.29 is 23.9 Å². The summed E-state index contributed by atoms with van der Waals surface area (Å²) >= 11 is 1.23. The second kappa shape index (κ2) is 12.2. The van der Waals surface area contributed by atoms with Gasteiger partial charge in [0.05, 0.1) is 40.5 Å². The van der Waals surface area contributed by atoms with Crippen LogP contribution in [0, 0.1) is 10.1 Å². The number of methoxy groups -OCH3 is 1. The van der Waals surface area contributed by atoms with Crippen molar-refractivity contribution in [3.05, 3.63) is 131 Å². The third kappa shape index (κ3) is 5.86. The molecule has 0 bridgehead atoms. The highest BCUT2D eigenvalue weighted by molar-refractivity contribution is 7.07. The van der Waals surface area contributed by atoms with Gasteiger partial charge >= 0.3 is 5.97 Å². The number of hydrogen-bond donors (Lipinski definition) is 0. The van der Waals surface area contributed by atoms with Gasteiger partial charge in [-0.05, 0) is 73.0 Å². The number of rotatable bonds is 9. The average molecular weight is 586 g/mol. The Morgan fingerprint density at radius 1 is 1.10 bits per heavy atom. The van der Waals surface area contributed by atoms with Gasteiger partial charge < -0.3 is 14.2 Å². The summed E-state index contributed by atoms with van der Waals surface area (Å²) < 4.78 is 18.5. The van der Waals surface area contributed by atoms with E-state index in [0.29, 0.717) is 32.1 Å². The fourth-order valence-corrected chi connectivity index (χ4v) is 5.67. The molecule has 0 N–H and O–H groups in total. The average Bonchev–Trinajstić information content (AvgIpc) is 3.29. The molecule has 0 radical (unpaired) electrons. The van der Waals surface area contributed by atoms with Crippen LogP contribution in [0.3, 0.4) is 0 Å².